The normalized spacial score (nSPS) is 19.6. The first-order valence-electron chi connectivity index (χ1n) is 13.6. The molecule has 3 aromatic rings. The summed E-state index contributed by atoms with van der Waals surface area (Å²) in [4.78, 5) is 29.0. The van der Waals surface area contributed by atoms with Crippen molar-refractivity contribution in [3.63, 3.8) is 0 Å². The van der Waals surface area contributed by atoms with Gasteiger partial charge in [-0.25, -0.2) is 4.52 Å². The molecule has 3 fully saturated rings. The highest BCUT2D eigenvalue weighted by Gasteiger charge is 2.49. The Kier molecular flexibility index (Phi) is 6.37. The van der Waals surface area contributed by atoms with Crippen LogP contribution in [0, 0.1) is 22.7 Å². The number of piperidine rings is 2. The molecule has 3 aromatic heterocycles. The van der Waals surface area contributed by atoms with Gasteiger partial charge in [0.2, 0.25) is 11.8 Å². The number of nitrogens with zero attached hydrogens (tertiary/aromatic N) is 7. The van der Waals surface area contributed by atoms with Crippen molar-refractivity contribution in [2.24, 2.45) is 11.3 Å². The summed E-state index contributed by atoms with van der Waals surface area (Å²) in [6.07, 6.45) is 14.3. The van der Waals surface area contributed by atoms with E-state index in [1.165, 1.54) is 6.08 Å². The number of aromatic nitrogens is 4. The summed E-state index contributed by atoms with van der Waals surface area (Å²) in [5.74, 6) is 1.01. The average molecular weight is 528 g/mol. The lowest BCUT2D eigenvalue weighted by molar-refractivity contribution is -0.149. The van der Waals surface area contributed by atoms with Crippen molar-refractivity contribution in [2.45, 2.75) is 44.6 Å². The fourth-order valence-electron chi connectivity index (χ4n) is 6.67. The van der Waals surface area contributed by atoms with Crippen LogP contribution in [0.25, 0.3) is 16.6 Å². The third kappa shape index (κ3) is 4.46. The number of nitriles is 1. The Morgan fingerprint density at radius 1 is 1.08 bits per heavy atom. The molecule has 0 N–H and O–H groups in total. The van der Waals surface area contributed by atoms with Crippen LogP contribution in [0.1, 0.15) is 50.1 Å². The first kappa shape index (κ1) is 25.2. The van der Waals surface area contributed by atoms with Gasteiger partial charge in [0.25, 0.3) is 0 Å². The molecule has 2 saturated heterocycles. The van der Waals surface area contributed by atoms with Crippen LogP contribution in [0.15, 0.2) is 43.5 Å². The summed E-state index contributed by atoms with van der Waals surface area (Å²) >= 11 is 0. The van der Waals surface area contributed by atoms with E-state index >= 15 is 0 Å². The van der Waals surface area contributed by atoms with Crippen molar-refractivity contribution < 1.29 is 14.3 Å². The van der Waals surface area contributed by atoms with Gasteiger partial charge >= 0.3 is 0 Å². The Balaban J connectivity index is 1.05. The van der Waals surface area contributed by atoms with Crippen molar-refractivity contribution in [1.82, 2.24) is 29.2 Å². The Morgan fingerprint density at radius 3 is 2.49 bits per heavy atom. The second-order valence-electron chi connectivity index (χ2n) is 11.2. The van der Waals surface area contributed by atoms with Gasteiger partial charge < -0.3 is 14.5 Å². The van der Waals surface area contributed by atoms with Gasteiger partial charge in [0.15, 0.2) is 0 Å². The summed E-state index contributed by atoms with van der Waals surface area (Å²) in [5.41, 5.74) is 3.21. The molecule has 3 aliphatic rings. The maximum atomic E-state index is 13.2. The quantitative estimate of drug-likeness (QED) is 0.470. The Morgan fingerprint density at radius 2 is 1.82 bits per heavy atom. The molecule has 2 aliphatic heterocycles. The van der Waals surface area contributed by atoms with Crippen molar-refractivity contribution >= 4 is 17.3 Å². The molecule has 202 valence electrons. The number of carbonyl (C=O) groups is 2. The number of hydrogen-bond donors (Lipinski definition) is 0. The molecule has 1 saturated carbocycles. The standard InChI is InChI=1S/C29H33N7O3/c1-3-26(37)33-10-6-29(7-11-33)13-21(14-29)28(38)34-8-4-24(5-9-34)35-19-23(17-31-35)20-12-25(39-2)27-22(15-30)16-32-36(27)18-20/h3,12,16-19,21,24H,1,4-11,13-14H2,2H3. The SMILES string of the molecule is C=CC(=O)N1CCC2(CC1)CC(C(=O)N1CCC(n3cc(-c4cc(OC)c5c(C#N)cnn5c4)cn3)CC1)C2. The smallest absolute Gasteiger partial charge is 0.245 e. The number of ether oxygens (including phenoxy) is 1. The first-order chi connectivity index (χ1) is 18.9. The van der Waals surface area contributed by atoms with Crippen LogP contribution >= 0.6 is 0 Å². The second kappa shape index (κ2) is 9.88. The molecule has 0 radical (unpaired) electrons. The molecule has 1 aliphatic carbocycles. The maximum Gasteiger partial charge on any atom is 0.245 e. The molecule has 39 heavy (non-hydrogen) atoms. The number of hydrogen-bond acceptors (Lipinski definition) is 6. The van der Waals surface area contributed by atoms with Crippen LogP contribution in [0.2, 0.25) is 0 Å². The van der Waals surface area contributed by atoms with E-state index in [1.807, 2.05) is 39.1 Å². The Bertz CT molecular complexity index is 1460. The van der Waals surface area contributed by atoms with Gasteiger partial charge in [-0.15, -0.1) is 0 Å². The predicted molar refractivity (Wildman–Crippen MR) is 144 cm³/mol. The van der Waals surface area contributed by atoms with E-state index < -0.39 is 0 Å². The molecule has 0 aromatic carbocycles. The topological polar surface area (TPSA) is 109 Å². The van der Waals surface area contributed by atoms with Gasteiger partial charge in [-0.2, -0.15) is 15.5 Å². The molecule has 1 spiro atoms. The van der Waals surface area contributed by atoms with Crippen molar-refractivity contribution in [3.8, 4) is 22.9 Å². The number of amides is 2. The summed E-state index contributed by atoms with van der Waals surface area (Å²) in [5, 5.41) is 18.3. The predicted octanol–water partition coefficient (Wildman–Crippen LogP) is 3.45. The first-order valence-corrected chi connectivity index (χ1v) is 13.6. The number of carbonyl (C=O) groups excluding carboxylic acids is 2. The molecule has 6 rings (SSSR count). The van der Waals surface area contributed by atoms with Gasteiger partial charge in [-0.1, -0.05) is 6.58 Å². The van der Waals surface area contributed by atoms with E-state index in [2.05, 4.69) is 22.8 Å². The third-order valence-corrected chi connectivity index (χ3v) is 9.02. The lowest BCUT2D eigenvalue weighted by Crippen LogP contribution is -2.53. The zero-order valence-electron chi connectivity index (χ0n) is 22.3. The number of likely N-dealkylation sites (tertiary alicyclic amines) is 2. The van der Waals surface area contributed by atoms with Gasteiger partial charge in [0.1, 0.15) is 22.9 Å². The Hall–Kier alpha value is -4.13. The molecule has 2 amide bonds. The van der Waals surface area contributed by atoms with Crippen molar-refractivity contribution in [3.05, 3.63) is 49.1 Å². The molecular weight excluding hydrogens is 494 g/mol. The zero-order chi connectivity index (χ0) is 27.1. The van der Waals surface area contributed by atoms with E-state index in [-0.39, 0.29) is 23.3 Å². The highest BCUT2D eigenvalue weighted by Crippen LogP contribution is 2.53. The largest absolute Gasteiger partial charge is 0.494 e. The third-order valence-electron chi connectivity index (χ3n) is 9.02. The van der Waals surface area contributed by atoms with E-state index in [9.17, 15) is 14.9 Å². The highest BCUT2D eigenvalue weighted by atomic mass is 16.5. The van der Waals surface area contributed by atoms with E-state index in [1.54, 1.807) is 17.8 Å². The van der Waals surface area contributed by atoms with E-state index in [0.717, 1.165) is 75.8 Å². The van der Waals surface area contributed by atoms with Crippen molar-refractivity contribution in [2.75, 3.05) is 33.3 Å². The molecular formula is C29H33N7O3. The molecule has 10 heteroatoms. The minimum atomic E-state index is 0.0110. The molecule has 0 unspecified atom stereocenters. The molecule has 0 atom stereocenters. The van der Waals surface area contributed by atoms with Gasteiger partial charge in [0, 0.05) is 55.6 Å². The minimum absolute atomic E-state index is 0.0110. The second-order valence-corrected chi connectivity index (χ2v) is 11.2. The van der Waals surface area contributed by atoms with Crippen molar-refractivity contribution in [1.29, 1.82) is 5.26 Å². The van der Waals surface area contributed by atoms with E-state index in [0.29, 0.717) is 22.7 Å². The van der Waals surface area contributed by atoms with E-state index in [4.69, 9.17) is 4.74 Å². The van der Waals surface area contributed by atoms with Crippen LogP contribution in [0.5, 0.6) is 5.75 Å². The van der Waals surface area contributed by atoms with Crippen LogP contribution in [-0.2, 0) is 9.59 Å². The average Bonchev–Trinajstić information content (AvgIpc) is 3.62. The fraction of sp³-hybridized carbons (Fsp3) is 0.483. The van der Waals surface area contributed by atoms with Gasteiger partial charge in [-0.3, -0.25) is 14.3 Å². The van der Waals surface area contributed by atoms with Gasteiger partial charge in [-0.05, 0) is 56.1 Å². The lowest BCUT2D eigenvalue weighted by atomic mass is 9.57. The molecule has 10 nitrogen and oxygen atoms in total. The van der Waals surface area contributed by atoms with Gasteiger partial charge in [0.05, 0.1) is 25.5 Å². The van der Waals surface area contributed by atoms with Crippen LogP contribution in [0.3, 0.4) is 0 Å². The summed E-state index contributed by atoms with van der Waals surface area (Å²) in [7, 11) is 1.59. The highest BCUT2D eigenvalue weighted by molar-refractivity contribution is 5.87. The number of pyridine rings is 1. The number of fused-ring (bicyclic) bond motifs is 1. The summed E-state index contributed by atoms with van der Waals surface area (Å²) in [6, 6.07) is 4.30. The number of methoxy groups -OCH3 is 1. The molecule has 5 heterocycles. The Labute approximate surface area is 227 Å². The molecule has 0 bridgehead atoms. The number of rotatable bonds is 5. The van der Waals surface area contributed by atoms with Crippen LogP contribution in [0.4, 0.5) is 0 Å². The van der Waals surface area contributed by atoms with Crippen LogP contribution in [-0.4, -0.2) is 74.3 Å². The fourth-order valence-corrected chi connectivity index (χ4v) is 6.67. The zero-order valence-corrected chi connectivity index (χ0v) is 22.3. The monoisotopic (exact) mass is 527 g/mol. The summed E-state index contributed by atoms with van der Waals surface area (Å²) < 4.78 is 9.22. The minimum Gasteiger partial charge on any atom is -0.494 e. The van der Waals surface area contributed by atoms with Crippen LogP contribution < -0.4 is 4.74 Å². The maximum absolute atomic E-state index is 13.2. The lowest BCUT2D eigenvalue weighted by Gasteiger charge is -2.52. The summed E-state index contributed by atoms with van der Waals surface area (Å²) in [6.45, 7) is 6.62.